The average Bonchev–Trinajstić information content (AvgIpc) is 3.29. The molecule has 0 rings (SSSR count). The molecule has 0 aromatic carbocycles. The molecule has 0 aliphatic heterocycles. The Bertz CT molecular complexity index is 1080. The first-order chi connectivity index (χ1) is 31.5. The van der Waals surface area contributed by atoms with Crippen LogP contribution in [0.3, 0.4) is 0 Å². The molecule has 0 aromatic rings. The predicted molar refractivity (Wildman–Crippen MR) is 275 cm³/mol. The fourth-order valence-electron chi connectivity index (χ4n) is 8.22. The lowest BCUT2D eigenvalue weighted by molar-refractivity contribution is -0.167. The van der Waals surface area contributed by atoms with Crippen LogP contribution in [0.1, 0.15) is 297 Å². The van der Waals surface area contributed by atoms with E-state index in [1.54, 1.807) is 0 Å². The number of carbonyl (C=O) groups excluding carboxylic acids is 3. The zero-order valence-corrected chi connectivity index (χ0v) is 42.8. The van der Waals surface area contributed by atoms with Gasteiger partial charge in [-0.2, -0.15) is 0 Å². The lowest BCUT2D eigenvalue weighted by Gasteiger charge is -2.18. The minimum atomic E-state index is -0.775. The van der Waals surface area contributed by atoms with Crippen LogP contribution in [0.25, 0.3) is 0 Å². The monoisotopic (exact) mass is 899 g/mol. The van der Waals surface area contributed by atoms with Gasteiger partial charge in [0.15, 0.2) is 6.10 Å². The molecule has 6 heteroatoms. The highest BCUT2D eigenvalue weighted by molar-refractivity contribution is 5.71. The van der Waals surface area contributed by atoms with Gasteiger partial charge in [-0.05, 0) is 51.4 Å². The first-order valence-corrected chi connectivity index (χ1v) is 28.0. The summed E-state index contributed by atoms with van der Waals surface area (Å²) in [4.78, 5) is 37.9. The Hall–Kier alpha value is -2.37. The Labute approximate surface area is 397 Å². The molecule has 64 heavy (non-hydrogen) atoms. The Morgan fingerprint density at radius 2 is 0.609 bits per heavy atom. The lowest BCUT2D eigenvalue weighted by atomic mass is 10.0. The van der Waals surface area contributed by atoms with Gasteiger partial charge in [0.05, 0.1) is 0 Å². The van der Waals surface area contributed by atoms with Crippen LogP contribution in [-0.4, -0.2) is 37.2 Å². The highest BCUT2D eigenvalue weighted by Crippen LogP contribution is 2.17. The second kappa shape index (κ2) is 53.2. The molecule has 0 amide bonds. The molecule has 0 aliphatic rings. The smallest absolute Gasteiger partial charge is 0.306 e. The van der Waals surface area contributed by atoms with E-state index in [2.05, 4.69) is 57.2 Å². The molecule has 0 radical (unpaired) electrons. The van der Waals surface area contributed by atoms with E-state index in [4.69, 9.17) is 14.2 Å². The van der Waals surface area contributed by atoms with Crippen LogP contribution < -0.4 is 0 Å². The van der Waals surface area contributed by atoms with Crippen molar-refractivity contribution >= 4 is 17.9 Å². The molecule has 1 unspecified atom stereocenters. The minimum absolute atomic E-state index is 0.0755. The molecule has 0 bridgehead atoms. The van der Waals surface area contributed by atoms with Crippen molar-refractivity contribution in [1.29, 1.82) is 0 Å². The second-order valence-corrected chi connectivity index (χ2v) is 18.8. The SMILES string of the molecule is CC/C=C\C/C=C\C/C=C\CCCCCCCC(=O)OC(COC(=O)CCCCCCCCC)COC(=O)CCCCCCCCCCCCCCCCCCCCCCCCCC. The van der Waals surface area contributed by atoms with Gasteiger partial charge in [0, 0.05) is 19.3 Å². The van der Waals surface area contributed by atoms with Gasteiger partial charge in [-0.1, -0.05) is 263 Å². The zero-order valence-electron chi connectivity index (χ0n) is 42.8. The van der Waals surface area contributed by atoms with E-state index in [1.807, 2.05) is 0 Å². The summed E-state index contributed by atoms with van der Waals surface area (Å²) in [6.07, 6.45) is 63.1. The van der Waals surface area contributed by atoms with Crippen LogP contribution in [0.2, 0.25) is 0 Å². The Balaban J connectivity index is 4.12. The van der Waals surface area contributed by atoms with Crippen molar-refractivity contribution in [3.05, 3.63) is 36.5 Å². The van der Waals surface area contributed by atoms with E-state index < -0.39 is 6.10 Å². The summed E-state index contributed by atoms with van der Waals surface area (Å²) in [5.74, 6) is -0.886. The van der Waals surface area contributed by atoms with Gasteiger partial charge in [-0.25, -0.2) is 0 Å². The van der Waals surface area contributed by atoms with Crippen molar-refractivity contribution in [2.24, 2.45) is 0 Å². The lowest BCUT2D eigenvalue weighted by Crippen LogP contribution is -2.30. The van der Waals surface area contributed by atoms with Gasteiger partial charge in [0.2, 0.25) is 0 Å². The van der Waals surface area contributed by atoms with Crippen molar-refractivity contribution in [2.75, 3.05) is 13.2 Å². The van der Waals surface area contributed by atoms with Gasteiger partial charge in [0.1, 0.15) is 13.2 Å². The van der Waals surface area contributed by atoms with Gasteiger partial charge in [-0.15, -0.1) is 0 Å². The minimum Gasteiger partial charge on any atom is -0.462 e. The molecule has 0 fully saturated rings. The summed E-state index contributed by atoms with van der Waals surface area (Å²) in [5, 5.41) is 0. The van der Waals surface area contributed by atoms with Gasteiger partial charge < -0.3 is 14.2 Å². The van der Waals surface area contributed by atoms with Crippen molar-refractivity contribution in [3.8, 4) is 0 Å². The first kappa shape index (κ1) is 61.6. The first-order valence-electron chi connectivity index (χ1n) is 28.0. The Morgan fingerprint density at radius 1 is 0.328 bits per heavy atom. The topological polar surface area (TPSA) is 78.9 Å². The Morgan fingerprint density at radius 3 is 0.953 bits per heavy atom. The van der Waals surface area contributed by atoms with Crippen LogP contribution in [0.5, 0.6) is 0 Å². The summed E-state index contributed by atoms with van der Waals surface area (Å²) in [7, 11) is 0. The quantitative estimate of drug-likeness (QED) is 0.0262. The highest BCUT2D eigenvalue weighted by Gasteiger charge is 2.19. The molecule has 0 saturated carbocycles. The maximum absolute atomic E-state index is 12.8. The Kier molecular flexibility index (Phi) is 51.3. The fraction of sp³-hybridized carbons (Fsp3) is 0.845. The van der Waals surface area contributed by atoms with Crippen molar-refractivity contribution in [2.45, 2.75) is 303 Å². The second-order valence-electron chi connectivity index (χ2n) is 18.8. The summed E-state index contributed by atoms with van der Waals surface area (Å²) in [5.41, 5.74) is 0. The van der Waals surface area contributed by atoms with Crippen LogP contribution in [0, 0.1) is 0 Å². The highest BCUT2D eigenvalue weighted by atomic mass is 16.6. The maximum atomic E-state index is 12.8. The standard InChI is InChI=1S/C58H106O6/c1-4-7-10-13-16-18-20-22-24-25-26-27-28-29-30-31-32-34-35-37-39-42-45-48-51-57(60)63-54-55(53-62-56(59)50-47-44-41-15-12-9-6-3)64-58(61)52-49-46-43-40-38-36-33-23-21-19-17-14-11-8-5-2/h8,11,17,19,23,33,55H,4-7,9-10,12-16,18,20-22,24-32,34-54H2,1-3H3/b11-8-,19-17-,33-23-. The van der Waals surface area contributed by atoms with Crippen LogP contribution in [0.15, 0.2) is 36.5 Å². The molecule has 1 atom stereocenters. The van der Waals surface area contributed by atoms with Gasteiger partial charge >= 0.3 is 17.9 Å². The van der Waals surface area contributed by atoms with E-state index in [1.165, 1.54) is 161 Å². The number of unbranched alkanes of at least 4 members (excludes halogenated alkanes) is 34. The molecule has 6 nitrogen and oxygen atoms in total. The largest absolute Gasteiger partial charge is 0.462 e. The number of rotatable bonds is 51. The summed E-state index contributed by atoms with van der Waals surface area (Å²) in [6.45, 7) is 6.51. The van der Waals surface area contributed by atoms with E-state index in [9.17, 15) is 14.4 Å². The van der Waals surface area contributed by atoms with Crippen LogP contribution in [0.4, 0.5) is 0 Å². The summed E-state index contributed by atoms with van der Waals surface area (Å²) < 4.78 is 16.8. The molecular weight excluding hydrogens is 793 g/mol. The molecule has 0 spiro atoms. The van der Waals surface area contributed by atoms with E-state index >= 15 is 0 Å². The molecule has 0 saturated heterocycles. The van der Waals surface area contributed by atoms with Crippen LogP contribution in [-0.2, 0) is 28.6 Å². The van der Waals surface area contributed by atoms with Crippen LogP contribution >= 0.6 is 0 Å². The third-order valence-electron chi connectivity index (χ3n) is 12.4. The van der Waals surface area contributed by atoms with Gasteiger partial charge in [-0.3, -0.25) is 14.4 Å². The number of hydrogen-bond acceptors (Lipinski definition) is 6. The number of allylic oxidation sites excluding steroid dienone is 6. The molecule has 0 aliphatic carbocycles. The van der Waals surface area contributed by atoms with Crippen molar-refractivity contribution in [3.63, 3.8) is 0 Å². The third kappa shape index (κ3) is 50.6. The zero-order chi connectivity index (χ0) is 46.5. The van der Waals surface area contributed by atoms with Gasteiger partial charge in [0.25, 0.3) is 0 Å². The van der Waals surface area contributed by atoms with Crippen molar-refractivity contribution in [1.82, 2.24) is 0 Å². The number of carbonyl (C=O) groups is 3. The number of esters is 3. The third-order valence-corrected chi connectivity index (χ3v) is 12.4. The number of hydrogen-bond donors (Lipinski definition) is 0. The van der Waals surface area contributed by atoms with Crippen molar-refractivity contribution < 1.29 is 28.6 Å². The average molecular weight is 899 g/mol. The van der Waals surface area contributed by atoms with E-state index in [0.717, 1.165) is 96.3 Å². The predicted octanol–water partition coefficient (Wildman–Crippen LogP) is 18.5. The molecule has 0 aromatic heterocycles. The molecular formula is C58H106O6. The normalized spacial score (nSPS) is 12.2. The molecule has 0 heterocycles. The number of ether oxygens (including phenoxy) is 3. The fourth-order valence-corrected chi connectivity index (χ4v) is 8.22. The summed E-state index contributed by atoms with van der Waals surface area (Å²) >= 11 is 0. The van der Waals surface area contributed by atoms with E-state index in [0.29, 0.717) is 19.3 Å². The summed E-state index contributed by atoms with van der Waals surface area (Å²) in [6, 6.07) is 0. The molecule has 0 N–H and O–H groups in total. The molecule has 374 valence electrons. The van der Waals surface area contributed by atoms with E-state index in [-0.39, 0.29) is 31.1 Å². The maximum Gasteiger partial charge on any atom is 0.306 e.